The standard InChI is InChI=1S/C12H17FN2O4S/c1-4-5-9(2)14(3)20(18,19)10-6-7-12(15(16)17)11(13)8-10/h6-9H,4-5H2,1-3H3. The number of nitro benzene ring substituents is 1. The number of hydrogen-bond acceptors (Lipinski definition) is 4. The topological polar surface area (TPSA) is 80.5 Å². The molecule has 0 saturated heterocycles. The summed E-state index contributed by atoms with van der Waals surface area (Å²) in [5.74, 6) is -1.16. The minimum atomic E-state index is -3.85. The first kappa shape index (κ1) is 16.5. The van der Waals surface area contributed by atoms with E-state index in [2.05, 4.69) is 0 Å². The lowest BCUT2D eigenvalue weighted by atomic mass is 10.2. The highest BCUT2D eigenvalue weighted by Gasteiger charge is 2.27. The van der Waals surface area contributed by atoms with E-state index in [9.17, 15) is 22.9 Å². The minimum Gasteiger partial charge on any atom is -0.258 e. The SMILES string of the molecule is CCCC(C)N(C)S(=O)(=O)c1ccc([N+](=O)[O-])c(F)c1. The number of sulfonamides is 1. The van der Waals surface area contributed by atoms with Crippen molar-refractivity contribution in [3.8, 4) is 0 Å². The zero-order chi connectivity index (χ0) is 15.5. The highest BCUT2D eigenvalue weighted by molar-refractivity contribution is 7.89. The molecule has 1 unspecified atom stereocenters. The van der Waals surface area contributed by atoms with Crippen LogP contribution in [0, 0.1) is 15.9 Å². The summed E-state index contributed by atoms with van der Waals surface area (Å²) in [5, 5.41) is 10.5. The smallest absolute Gasteiger partial charge is 0.258 e. The molecule has 6 nitrogen and oxygen atoms in total. The molecular formula is C12H17FN2O4S. The van der Waals surface area contributed by atoms with Gasteiger partial charge in [0.15, 0.2) is 0 Å². The van der Waals surface area contributed by atoms with Crippen LogP contribution in [0.5, 0.6) is 0 Å². The summed E-state index contributed by atoms with van der Waals surface area (Å²) < 4.78 is 39.2. The molecule has 8 heteroatoms. The Hall–Kier alpha value is -1.54. The molecule has 1 aromatic rings. The summed E-state index contributed by atoms with van der Waals surface area (Å²) >= 11 is 0. The highest BCUT2D eigenvalue weighted by atomic mass is 32.2. The van der Waals surface area contributed by atoms with Gasteiger partial charge in [0.25, 0.3) is 0 Å². The first-order valence-electron chi connectivity index (χ1n) is 6.13. The zero-order valence-electron chi connectivity index (χ0n) is 11.5. The van der Waals surface area contributed by atoms with E-state index >= 15 is 0 Å². The molecule has 1 aromatic carbocycles. The Morgan fingerprint density at radius 1 is 1.45 bits per heavy atom. The van der Waals surface area contributed by atoms with Crippen molar-refractivity contribution in [3.05, 3.63) is 34.1 Å². The van der Waals surface area contributed by atoms with Gasteiger partial charge in [0.05, 0.1) is 9.82 Å². The molecule has 0 heterocycles. The molecule has 1 atom stereocenters. The summed E-state index contributed by atoms with van der Waals surface area (Å²) in [5.41, 5.74) is -0.742. The molecule has 0 aliphatic carbocycles. The molecule has 0 aliphatic rings. The number of benzene rings is 1. The van der Waals surface area contributed by atoms with Crippen molar-refractivity contribution in [2.24, 2.45) is 0 Å². The predicted molar refractivity (Wildman–Crippen MR) is 72.4 cm³/mol. The van der Waals surface area contributed by atoms with Gasteiger partial charge >= 0.3 is 5.69 Å². The Balaban J connectivity index is 3.16. The van der Waals surface area contributed by atoms with Crippen LogP contribution < -0.4 is 0 Å². The minimum absolute atomic E-state index is 0.233. The van der Waals surface area contributed by atoms with E-state index in [0.717, 1.165) is 22.9 Å². The number of nitrogens with zero attached hydrogens (tertiary/aromatic N) is 2. The number of rotatable bonds is 6. The fourth-order valence-corrected chi connectivity index (χ4v) is 3.20. The highest BCUT2D eigenvalue weighted by Crippen LogP contribution is 2.24. The average molecular weight is 304 g/mol. The van der Waals surface area contributed by atoms with Crippen LogP contribution in [-0.4, -0.2) is 30.7 Å². The van der Waals surface area contributed by atoms with Gasteiger partial charge in [-0.2, -0.15) is 8.70 Å². The van der Waals surface area contributed by atoms with E-state index in [0.29, 0.717) is 12.5 Å². The fourth-order valence-electron chi connectivity index (χ4n) is 1.80. The first-order chi connectivity index (χ1) is 9.21. The number of hydrogen-bond donors (Lipinski definition) is 0. The molecule has 0 fully saturated rings. The van der Waals surface area contributed by atoms with E-state index in [4.69, 9.17) is 0 Å². The van der Waals surface area contributed by atoms with Gasteiger partial charge in [0.1, 0.15) is 0 Å². The summed E-state index contributed by atoms with van der Waals surface area (Å²) in [7, 11) is -2.44. The Morgan fingerprint density at radius 2 is 2.05 bits per heavy atom. The van der Waals surface area contributed by atoms with Gasteiger partial charge in [-0.05, 0) is 19.4 Å². The van der Waals surface area contributed by atoms with Gasteiger partial charge in [-0.3, -0.25) is 10.1 Å². The molecule has 0 amide bonds. The summed E-state index contributed by atoms with van der Waals surface area (Å²) in [4.78, 5) is 9.34. The monoisotopic (exact) mass is 304 g/mol. The second-order valence-corrected chi connectivity index (χ2v) is 6.53. The van der Waals surface area contributed by atoms with Gasteiger partial charge < -0.3 is 0 Å². The van der Waals surface area contributed by atoms with Gasteiger partial charge in [0.2, 0.25) is 15.8 Å². The van der Waals surface area contributed by atoms with E-state index in [1.165, 1.54) is 7.05 Å². The van der Waals surface area contributed by atoms with Crippen molar-refractivity contribution < 1.29 is 17.7 Å². The maximum Gasteiger partial charge on any atom is 0.304 e. The second kappa shape index (κ2) is 6.27. The van der Waals surface area contributed by atoms with Crippen molar-refractivity contribution in [1.29, 1.82) is 0 Å². The second-order valence-electron chi connectivity index (χ2n) is 4.53. The Morgan fingerprint density at radius 3 is 2.50 bits per heavy atom. The molecule has 112 valence electrons. The molecule has 0 bridgehead atoms. The maximum absolute atomic E-state index is 13.5. The van der Waals surface area contributed by atoms with Gasteiger partial charge in [-0.1, -0.05) is 13.3 Å². The molecule has 0 aromatic heterocycles. The third-order valence-electron chi connectivity index (χ3n) is 3.12. The average Bonchev–Trinajstić information content (AvgIpc) is 2.37. The first-order valence-corrected chi connectivity index (χ1v) is 7.57. The van der Waals surface area contributed by atoms with Crippen LogP contribution in [0.15, 0.2) is 23.1 Å². The van der Waals surface area contributed by atoms with Crippen LogP contribution in [0.2, 0.25) is 0 Å². The van der Waals surface area contributed by atoms with E-state index < -0.39 is 26.5 Å². The van der Waals surface area contributed by atoms with Crippen LogP contribution in [0.3, 0.4) is 0 Å². The Kier molecular flexibility index (Phi) is 5.18. The largest absolute Gasteiger partial charge is 0.304 e. The number of halogens is 1. The van der Waals surface area contributed by atoms with Crippen LogP contribution in [0.1, 0.15) is 26.7 Å². The van der Waals surface area contributed by atoms with Crippen molar-refractivity contribution in [3.63, 3.8) is 0 Å². The van der Waals surface area contributed by atoms with Gasteiger partial charge in [-0.25, -0.2) is 8.42 Å². The Bertz CT molecular complexity index is 603. The number of nitro groups is 1. The summed E-state index contributed by atoms with van der Waals surface area (Å²) in [6, 6.07) is 2.36. The summed E-state index contributed by atoms with van der Waals surface area (Å²) in [6.07, 6.45) is 1.49. The van der Waals surface area contributed by atoms with Crippen molar-refractivity contribution in [2.75, 3.05) is 7.05 Å². The maximum atomic E-state index is 13.5. The molecule has 0 N–H and O–H groups in total. The van der Waals surface area contributed by atoms with Crippen molar-refractivity contribution in [1.82, 2.24) is 4.31 Å². The van der Waals surface area contributed by atoms with Crippen molar-refractivity contribution in [2.45, 2.75) is 37.6 Å². The van der Waals surface area contributed by atoms with Crippen LogP contribution >= 0.6 is 0 Å². The van der Waals surface area contributed by atoms with Gasteiger partial charge in [0, 0.05) is 25.2 Å². The van der Waals surface area contributed by atoms with Crippen LogP contribution in [0.4, 0.5) is 10.1 Å². The molecule has 1 rings (SSSR count). The molecule has 0 spiro atoms. The molecule has 0 saturated carbocycles. The van der Waals surface area contributed by atoms with Crippen molar-refractivity contribution >= 4 is 15.7 Å². The lowest BCUT2D eigenvalue weighted by Crippen LogP contribution is -2.35. The van der Waals surface area contributed by atoms with Crippen LogP contribution in [-0.2, 0) is 10.0 Å². The lowest BCUT2D eigenvalue weighted by molar-refractivity contribution is -0.387. The van der Waals surface area contributed by atoms with E-state index in [1.807, 2.05) is 6.92 Å². The molecule has 0 aliphatic heterocycles. The molecular weight excluding hydrogens is 287 g/mol. The Labute approximate surface area is 117 Å². The quantitative estimate of drug-likeness (QED) is 0.597. The predicted octanol–water partition coefficient (Wildman–Crippen LogP) is 2.54. The van der Waals surface area contributed by atoms with Crippen LogP contribution in [0.25, 0.3) is 0 Å². The third-order valence-corrected chi connectivity index (χ3v) is 5.09. The molecule has 20 heavy (non-hydrogen) atoms. The fraction of sp³-hybridized carbons (Fsp3) is 0.500. The van der Waals surface area contributed by atoms with Gasteiger partial charge in [-0.15, -0.1) is 0 Å². The summed E-state index contributed by atoms with van der Waals surface area (Å²) in [6.45, 7) is 3.69. The van der Waals surface area contributed by atoms with E-state index in [1.54, 1.807) is 6.92 Å². The zero-order valence-corrected chi connectivity index (χ0v) is 12.4. The third kappa shape index (κ3) is 3.31. The lowest BCUT2D eigenvalue weighted by Gasteiger charge is -2.23. The van der Waals surface area contributed by atoms with E-state index in [-0.39, 0.29) is 10.9 Å². The molecule has 0 radical (unpaired) electrons. The normalized spacial score (nSPS) is 13.4.